The van der Waals surface area contributed by atoms with E-state index in [2.05, 4.69) is 0 Å². The zero-order chi connectivity index (χ0) is 25.3. The average molecular weight is 488 g/mol. The molecule has 0 radical (unpaired) electrons. The van der Waals surface area contributed by atoms with Gasteiger partial charge in [0.15, 0.2) is 11.6 Å². The van der Waals surface area contributed by atoms with E-state index in [-0.39, 0.29) is 29.0 Å². The third-order valence-corrected chi connectivity index (χ3v) is 5.69. The highest BCUT2D eigenvalue weighted by atomic mass is 19.2. The predicted molar refractivity (Wildman–Crippen MR) is 122 cm³/mol. The molecule has 3 aromatic carbocycles. The number of fused-ring (bicyclic) bond motifs is 1. The van der Waals surface area contributed by atoms with Crippen molar-refractivity contribution in [1.82, 2.24) is 9.47 Å². The molecule has 1 aromatic heterocycles. The second-order valence-electron chi connectivity index (χ2n) is 7.87. The highest BCUT2D eigenvalue weighted by molar-refractivity contribution is 5.99. The van der Waals surface area contributed by atoms with E-state index in [1.165, 1.54) is 15.5 Å². The maximum Gasteiger partial charge on any atom is 0.415 e. The quantitative estimate of drug-likeness (QED) is 0.219. The molecular formula is C26H21F5N2O2. The summed E-state index contributed by atoms with van der Waals surface area (Å²) in [5, 5.41) is 0.442. The lowest BCUT2D eigenvalue weighted by atomic mass is 10.00. The smallest absolute Gasteiger partial charge is 0.410 e. The highest BCUT2D eigenvalue weighted by Gasteiger charge is 2.21. The Balaban J connectivity index is 1.86. The Labute approximate surface area is 198 Å². The minimum Gasteiger partial charge on any atom is -0.410 e. The number of rotatable bonds is 6. The third kappa shape index (κ3) is 4.84. The number of nitrogens with zero attached hydrogens (tertiary/aromatic N) is 2. The van der Waals surface area contributed by atoms with E-state index in [1.54, 1.807) is 32.2 Å². The van der Waals surface area contributed by atoms with E-state index in [0.717, 1.165) is 24.3 Å². The van der Waals surface area contributed by atoms with Gasteiger partial charge in [0.05, 0.1) is 6.54 Å². The fourth-order valence-electron chi connectivity index (χ4n) is 4.02. The van der Waals surface area contributed by atoms with Crippen molar-refractivity contribution in [3.8, 4) is 16.9 Å². The molecule has 0 aliphatic carbocycles. The Bertz CT molecular complexity index is 1390. The summed E-state index contributed by atoms with van der Waals surface area (Å²) in [6, 6.07) is 8.91. The average Bonchev–Trinajstić information content (AvgIpc) is 3.19. The van der Waals surface area contributed by atoms with E-state index >= 15 is 0 Å². The predicted octanol–water partition coefficient (Wildman–Crippen LogP) is 6.89. The number of carbonyl (C=O) groups excluding carboxylic acids is 1. The van der Waals surface area contributed by atoms with Crippen LogP contribution in [0, 0.1) is 29.1 Å². The van der Waals surface area contributed by atoms with Crippen molar-refractivity contribution < 1.29 is 31.5 Å². The first-order valence-corrected chi connectivity index (χ1v) is 10.9. The van der Waals surface area contributed by atoms with Crippen molar-refractivity contribution in [1.29, 1.82) is 0 Å². The summed E-state index contributed by atoms with van der Waals surface area (Å²) in [5.74, 6) is -4.98. The van der Waals surface area contributed by atoms with Crippen LogP contribution >= 0.6 is 0 Å². The summed E-state index contributed by atoms with van der Waals surface area (Å²) in [5.41, 5.74) is 0.619. The molecule has 4 rings (SSSR count). The van der Waals surface area contributed by atoms with Crippen LogP contribution in [0.3, 0.4) is 0 Å². The second-order valence-corrected chi connectivity index (χ2v) is 7.87. The largest absolute Gasteiger partial charge is 0.415 e. The van der Waals surface area contributed by atoms with E-state index in [4.69, 9.17) is 4.74 Å². The SMILES string of the molecule is CCN(CC)C(=O)Oc1ccc2c(ccn2Cc2cc(F)cc(F)c2F)c1-c1cc(F)cc(F)c1. The van der Waals surface area contributed by atoms with Gasteiger partial charge >= 0.3 is 6.09 Å². The number of halogens is 5. The molecule has 9 heteroatoms. The maximum atomic E-state index is 14.3. The van der Waals surface area contributed by atoms with Gasteiger partial charge in [-0.25, -0.2) is 26.7 Å². The van der Waals surface area contributed by atoms with Gasteiger partial charge in [-0.05, 0) is 55.8 Å². The van der Waals surface area contributed by atoms with Crippen LogP contribution in [0.2, 0.25) is 0 Å². The van der Waals surface area contributed by atoms with Gasteiger partial charge in [0.25, 0.3) is 0 Å². The molecule has 4 nitrogen and oxygen atoms in total. The molecule has 35 heavy (non-hydrogen) atoms. The first-order chi connectivity index (χ1) is 16.7. The number of amides is 1. The summed E-state index contributed by atoms with van der Waals surface area (Å²) >= 11 is 0. The molecule has 0 unspecified atom stereocenters. The van der Waals surface area contributed by atoms with E-state index in [0.29, 0.717) is 30.1 Å². The van der Waals surface area contributed by atoms with Gasteiger partial charge in [0.2, 0.25) is 0 Å². The summed E-state index contributed by atoms with van der Waals surface area (Å²) in [6.45, 7) is 4.15. The molecule has 0 bridgehead atoms. The monoisotopic (exact) mass is 488 g/mol. The van der Waals surface area contributed by atoms with Crippen molar-refractivity contribution in [2.24, 2.45) is 0 Å². The van der Waals surface area contributed by atoms with Crippen molar-refractivity contribution >= 4 is 17.0 Å². The lowest BCUT2D eigenvalue weighted by molar-refractivity contribution is 0.157. The normalized spacial score (nSPS) is 11.2. The highest BCUT2D eigenvalue weighted by Crippen LogP contribution is 2.39. The summed E-state index contributed by atoms with van der Waals surface area (Å²) in [4.78, 5) is 14.1. The minimum atomic E-state index is -1.31. The van der Waals surface area contributed by atoms with Crippen LogP contribution in [0.5, 0.6) is 5.75 Å². The topological polar surface area (TPSA) is 34.5 Å². The van der Waals surface area contributed by atoms with Crippen molar-refractivity contribution in [2.45, 2.75) is 20.4 Å². The minimum absolute atomic E-state index is 0.0696. The fourth-order valence-corrected chi connectivity index (χ4v) is 4.02. The van der Waals surface area contributed by atoms with E-state index < -0.39 is 35.2 Å². The number of hydrogen-bond donors (Lipinski definition) is 0. The molecule has 1 heterocycles. The second kappa shape index (κ2) is 9.77. The van der Waals surface area contributed by atoms with Crippen molar-refractivity contribution in [3.05, 3.63) is 89.4 Å². The molecule has 0 N–H and O–H groups in total. The first-order valence-electron chi connectivity index (χ1n) is 10.9. The number of ether oxygens (including phenoxy) is 1. The van der Waals surface area contributed by atoms with Gasteiger partial charge in [0, 0.05) is 53.4 Å². The van der Waals surface area contributed by atoms with Crippen molar-refractivity contribution in [2.75, 3.05) is 13.1 Å². The number of benzene rings is 3. The Kier molecular flexibility index (Phi) is 6.77. The summed E-state index contributed by atoms with van der Waals surface area (Å²) in [6.07, 6.45) is 0.909. The Morgan fingerprint density at radius 3 is 2.20 bits per heavy atom. The molecule has 0 aliphatic heterocycles. The Morgan fingerprint density at radius 2 is 1.54 bits per heavy atom. The van der Waals surface area contributed by atoms with Gasteiger partial charge in [0.1, 0.15) is 23.2 Å². The van der Waals surface area contributed by atoms with Crippen LogP contribution in [0.15, 0.2) is 54.7 Å². The van der Waals surface area contributed by atoms with Crippen LogP contribution < -0.4 is 4.74 Å². The van der Waals surface area contributed by atoms with Gasteiger partial charge in [-0.1, -0.05) is 0 Å². The fraction of sp³-hybridized carbons (Fsp3) is 0.192. The first kappa shape index (κ1) is 24.3. The van der Waals surface area contributed by atoms with Crippen LogP contribution in [0.25, 0.3) is 22.0 Å². The molecule has 0 spiro atoms. The van der Waals surface area contributed by atoms with Gasteiger partial charge in [-0.15, -0.1) is 0 Å². The molecule has 0 saturated heterocycles. The number of hydrogen-bond acceptors (Lipinski definition) is 2. The number of carbonyl (C=O) groups is 1. The zero-order valence-corrected chi connectivity index (χ0v) is 18.9. The lowest BCUT2D eigenvalue weighted by Crippen LogP contribution is -2.33. The molecule has 0 aliphatic rings. The summed E-state index contributed by atoms with van der Waals surface area (Å²) in [7, 11) is 0. The van der Waals surface area contributed by atoms with Crippen molar-refractivity contribution in [3.63, 3.8) is 0 Å². The van der Waals surface area contributed by atoms with Crippen LogP contribution in [-0.2, 0) is 6.54 Å². The molecular weight excluding hydrogens is 467 g/mol. The molecule has 182 valence electrons. The molecule has 1 amide bonds. The standard InChI is InChI=1S/C26H21F5N2O2/c1-3-32(4-2)26(34)35-23-6-5-22-20(24(23)15-9-17(27)12-18(28)10-15)7-8-33(22)14-16-11-19(29)13-21(30)25(16)31/h5-13H,3-4,14H2,1-2H3. The Hall–Kier alpha value is -3.88. The molecule has 0 fully saturated rings. The molecule has 0 atom stereocenters. The lowest BCUT2D eigenvalue weighted by Gasteiger charge is -2.20. The van der Waals surface area contributed by atoms with E-state index in [1.807, 2.05) is 0 Å². The molecule has 0 saturated carbocycles. The summed E-state index contributed by atoms with van der Waals surface area (Å²) < 4.78 is 76.9. The van der Waals surface area contributed by atoms with E-state index in [9.17, 15) is 26.7 Å². The Morgan fingerprint density at radius 1 is 0.886 bits per heavy atom. The maximum absolute atomic E-state index is 14.3. The van der Waals surface area contributed by atoms with Gasteiger partial charge in [-0.3, -0.25) is 0 Å². The number of aromatic nitrogens is 1. The van der Waals surface area contributed by atoms with Crippen LogP contribution in [0.4, 0.5) is 26.7 Å². The zero-order valence-electron chi connectivity index (χ0n) is 18.9. The van der Waals surface area contributed by atoms with Gasteiger partial charge in [-0.2, -0.15) is 0 Å². The third-order valence-electron chi connectivity index (χ3n) is 5.69. The molecule has 4 aromatic rings. The van der Waals surface area contributed by atoms with Gasteiger partial charge < -0.3 is 14.2 Å². The van der Waals surface area contributed by atoms with Crippen LogP contribution in [0.1, 0.15) is 19.4 Å². The van der Waals surface area contributed by atoms with Crippen LogP contribution in [-0.4, -0.2) is 28.6 Å².